The third-order valence-corrected chi connectivity index (χ3v) is 3.85. The number of nitrogen functional groups attached to an aromatic ring is 1. The SMILES string of the molecule is CCC(C)(C)c1ccc(-c2cc(N)ccc2F)cc1. The van der Waals surface area contributed by atoms with E-state index in [4.69, 9.17) is 5.73 Å². The highest BCUT2D eigenvalue weighted by atomic mass is 19.1. The van der Waals surface area contributed by atoms with Crippen LogP contribution in [0.5, 0.6) is 0 Å². The van der Waals surface area contributed by atoms with Crippen LogP contribution in [0.15, 0.2) is 42.5 Å². The third kappa shape index (κ3) is 2.78. The van der Waals surface area contributed by atoms with Gasteiger partial charge in [-0.15, -0.1) is 0 Å². The Morgan fingerprint density at radius 2 is 1.68 bits per heavy atom. The second-order valence-electron chi connectivity index (χ2n) is 5.55. The van der Waals surface area contributed by atoms with E-state index in [1.807, 2.05) is 12.1 Å². The maximum absolute atomic E-state index is 13.8. The molecule has 0 aliphatic carbocycles. The highest BCUT2D eigenvalue weighted by Gasteiger charge is 2.17. The van der Waals surface area contributed by atoms with Crippen molar-refractivity contribution in [2.24, 2.45) is 0 Å². The van der Waals surface area contributed by atoms with Crippen LogP contribution in [0.25, 0.3) is 11.1 Å². The van der Waals surface area contributed by atoms with Gasteiger partial charge < -0.3 is 5.73 Å². The Balaban J connectivity index is 2.40. The van der Waals surface area contributed by atoms with Crippen molar-refractivity contribution in [2.45, 2.75) is 32.6 Å². The quantitative estimate of drug-likeness (QED) is 0.788. The molecule has 2 heteroatoms. The molecule has 2 rings (SSSR count). The summed E-state index contributed by atoms with van der Waals surface area (Å²) < 4.78 is 13.8. The minimum absolute atomic E-state index is 0.146. The van der Waals surface area contributed by atoms with Crippen LogP contribution in [0.3, 0.4) is 0 Å². The smallest absolute Gasteiger partial charge is 0.131 e. The Morgan fingerprint density at radius 1 is 1.05 bits per heavy atom. The van der Waals surface area contributed by atoms with Gasteiger partial charge in [-0.2, -0.15) is 0 Å². The molecule has 0 aromatic heterocycles. The van der Waals surface area contributed by atoms with Crippen molar-refractivity contribution in [3.05, 3.63) is 53.8 Å². The van der Waals surface area contributed by atoms with Crippen LogP contribution in [-0.2, 0) is 5.41 Å². The van der Waals surface area contributed by atoms with Crippen molar-refractivity contribution in [3.63, 3.8) is 0 Å². The number of halogens is 1. The summed E-state index contributed by atoms with van der Waals surface area (Å²) in [5, 5.41) is 0. The molecule has 0 saturated heterocycles. The lowest BCUT2D eigenvalue weighted by Crippen LogP contribution is -2.14. The average molecular weight is 257 g/mol. The maximum atomic E-state index is 13.8. The van der Waals surface area contributed by atoms with E-state index in [9.17, 15) is 4.39 Å². The molecular weight excluding hydrogens is 237 g/mol. The highest BCUT2D eigenvalue weighted by Crippen LogP contribution is 2.30. The molecule has 0 amide bonds. The summed E-state index contributed by atoms with van der Waals surface area (Å²) in [6, 6.07) is 12.7. The van der Waals surface area contributed by atoms with Crippen molar-refractivity contribution < 1.29 is 4.39 Å². The first-order chi connectivity index (χ1) is 8.94. The lowest BCUT2D eigenvalue weighted by molar-refractivity contribution is 0.506. The zero-order chi connectivity index (χ0) is 14.0. The molecule has 19 heavy (non-hydrogen) atoms. The molecule has 0 saturated carbocycles. The number of nitrogens with two attached hydrogens (primary N) is 1. The van der Waals surface area contributed by atoms with Gasteiger partial charge in [0.2, 0.25) is 0 Å². The fourth-order valence-electron chi connectivity index (χ4n) is 2.07. The monoisotopic (exact) mass is 257 g/mol. The second-order valence-corrected chi connectivity index (χ2v) is 5.55. The van der Waals surface area contributed by atoms with E-state index < -0.39 is 0 Å². The Labute approximate surface area is 114 Å². The van der Waals surface area contributed by atoms with Crippen LogP contribution in [0, 0.1) is 5.82 Å². The van der Waals surface area contributed by atoms with Crippen molar-refractivity contribution >= 4 is 5.69 Å². The molecule has 0 aliphatic heterocycles. The van der Waals surface area contributed by atoms with E-state index in [0.717, 1.165) is 12.0 Å². The number of anilines is 1. The summed E-state index contributed by atoms with van der Waals surface area (Å²) in [5.74, 6) is -0.239. The molecule has 0 aliphatic rings. The van der Waals surface area contributed by atoms with E-state index in [0.29, 0.717) is 11.3 Å². The molecule has 0 unspecified atom stereocenters. The van der Waals surface area contributed by atoms with Crippen LogP contribution >= 0.6 is 0 Å². The van der Waals surface area contributed by atoms with E-state index in [-0.39, 0.29) is 11.2 Å². The second kappa shape index (κ2) is 5.04. The van der Waals surface area contributed by atoms with Crippen LogP contribution in [0.1, 0.15) is 32.8 Å². The lowest BCUT2D eigenvalue weighted by atomic mass is 9.82. The lowest BCUT2D eigenvalue weighted by Gasteiger charge is -2.23. The summed E-state index contributed by atoms with van der Waals surface area (Å²) >= 11 is 0. The zero-order valence-corrected chi connectivity index (χ0v) is 11.7. The first kappa shape index (κ1) is 13.6. The first-order valence-electron chi connectivity index (χ1n) is 6.60. The topological polar surface area (TPSA) is 26.0 Å². The van der Waals surface area contributed by atoms with E-state index >= 15 is 0 Å². The number of rotatable bonds is 3. The van der Waals surface area contributed by atoms with Crippen molar-refractivity contribution in [1.29, 1.82) is 0 Å². The van der Waals surface area contributed by atoms with Gasteiger partial charge in [-0.3, -0.25) is 0 Å². The fourth-order valence-corrected chi connectivity index (χ4v) is 2.07. The van der Waals surface area contributed by atoms with Crippen LogP contribution < -0.4 is 5.73 Å². The molecule has 0 spiro atoms. The van der Waals surface area contributed by atoms with Gasteiger partial charge in [-0.25, -0.2) is 4.39 Å². The van der Waals surface area contributed by atoms with Crippen molar-refractivity contribution in [2.75, 3.05) is 5.73 Å². The van der Waals surface area contributed by atoms with Gasteiger partial charge in [0.15, 0.2) is 0 Å². The minimum Gasteiger partial charge on any atom is -0.399 e. The molecular formula is C17H20FN. The minimum atomic E-state index is -0.239. The summed E-state index contributed by atoms with van der Waals surface area (Å²) in [6.07, 6.45) is 1.07. The zero-order valence-electron chi connectivity index (χ0n) is 11.7. The van der Waals surface area contributed by atoms with Crippen molar-refractivity contribution in [1.82, 2.24) is 0 Å². The number of benzene rings is 2. The first-order valence-corrected chi connectivity index (χ1v) is 6.60. The van der Waals surface area contributed by atoms with Crippen LogP contribution in [0.2, 0.25) is 0 Å². The Kier molecular flexibility index (Phi) is 3.61. The van der Waals surface area contributed by atoms with Crippen LogP contribution in [-0.4, -0.2) is 0 Å². The molecule has 1 nitrogen and oxygen atoms in total. The molecule has 2 aromatic carbocycles. The standard InChI is InChI=1S/C17H20FN/c1-4-17(2,3)13-7-5-12(6-8-13)15-11-14(19)9-10-16(15)18/h5-11H,4,19H2,1-3H3. The van der Waals surface area contributed by atoms with Crippen LogP contribution in [0.4, 0.5) is 10.1 Å². The molecule has 0 fully saturated rings. The highest BCUT2D eigenvalue weighted by molar-refractivity contribution is 5.68. The van der Waals surface area contributed by atoms with Crippen molar-refractivity contribution in [3.8, 4) is 11.1 Å². The molecule has 100 valence electrons. The van der Waals surface area contributed by atoms with Gasteiger partial charge in [0.05, 0.1) is 0 Å². The summed E-state index contributed by atoms with van der Waals surface area (Å²) in [5.41, 5.74) is 9.13. The molecule has 0 atom stereocenters. The van der Waals surface area contributed by atoms with Gasteiger partial charge in [-0.05, 0) is 41.2 Å². The Morgan fingerprint density at radius 3 is 2.26 bits per heavy atom. The van der Waals surface area contributed by atoms with E-state index in [1.54, 1.807) is 12.1 Å². The predicted octanol–water partition coefficient (Wildman–Crippen LogP) is 4.76. The normalized spacial score (nSPS) is 11.6. The summed E-state index contributed by atoms with van der Waals surface area (Å²) in [4.78, 5) is 0. The number of hydrogen-bond donors (Lipinski definition) is 1. The van der Waals surface area contributed by atoms with E-state index in [2.05, 4.69) is 32.9 Å². The molecule has 0 radical (unpaired) electrons. The largest absolute Gasteiger partial charge is 0.399 e. The average Bonchev–Trinajstić information content (AvgIpc) is 2.42. The molecule has 0 heterocycles. The van der Waals surface area contributed by atoms with Gasteiger partial charge in [0.25, 0.3) is 0 Å². The van der Waals surface area contributed by atoms with E-state index in [1.165, 1.54) is 11.6 Å². The predicted molar refractivity (Wildman–Crippen MR) is 79.6 cm³/mol. The Hall–Kier alpha value is -1.83. The van der Waals surface area contributed by atoms with Gasteiger partial charge in [-0.1, -0.05) is 45.0 Å². The van der Waals surface area contributed by atoms with Gasteiger partial charge in [0, 0.05) is 11.3 Å². The van der Waals surface area contributed by atoms with Gasteiger partial charge >= 0.3 is 0 Å². The fraction of sp³-hybridized carbons (Fsp3) is 0.294. The molecule has 2 aromatic rings. The summed E-state index contributed by atoms with van der Waals surface area (Å²) in [6.45, 7) is 6.59. The summed E-state index contributed by atoms with van der Waals surface area (Å²) in [7, 11) is 0. The third-order valence-electron chi connectivity index (χ3n) is 3.85. The number of hydrogen-bond acceptors (Lipinski definition) is 1. The Bertz CT molecular complexity index is 570. The molecule has 0 bridgehead atoms. The molecule has 2 N–H and O–H groups in total. The maximum Gasteiger partial charge on any atom is 0.131 e. The van der Waals surface area contributed by atoms with Gasteiger partial charge in [0.1, 0.15) is 5.82 Å².